The Morgan fingerprint density at radius 3 is 2.31 bits per heavy atom. The van der Waals surface area contributed by atoms with Crippen molar-refractivity contribution in [3.8, 4) is 0 Å². The van der Waals surface area contributed by atoms with E-state index >= 15 is 0 Å². The minimum absolute atomic E-state index is 0.00435. The van der Waals surface area contributed by atoms with Crippen molar-refractivity contribution in [3.63, 3.8) is 0 Å². The third-order valence-electron chi connectivity index (χ3n) is 5.33. The third-order valence-corrected chi connectivity index (χ3v) is 7.95. The number of hydrogen-bond acceptors (Lipinski definition) is 4. The Morgan fingerprint density at radius 1 is 1.17 bits per heavy atom. The molecule has 1 aliphatic heterocycles. The van der Waals surface area contributed by atoms with Crippen LogP contribution in [0.5, 0.6) is 0 Å². The highest BCUT2D eigenvalue weighted by Crippen LogP contribution is 2.30. The molecule has 0 aromatic heterocycles. The molecule has 1 saturated heterocycles. The smallest absolute Gasteiger partial charge is 0.244 e. The summed E-state index contributed by atoms with van der Waals surface area (Å²) in [5.41, 5.74) is 0. The molecule has 9 heteroatoms. The lowest BCUT2D eigenvalue weighted by atomic mass is 9.97. The summed E-state index contributed by atoms with van der Waals surface area (Å²) >= 11 is 12.0. The highest BCUT2D eigenvalue weighted by molar-refractivity contribution is 7.89. The number of halogens is 2. The minimum Gasteiger partial charge on any atom is -0.355 e. The average molecular weight is 464 g/mol. The minimum atomic E-state index is -3.73. The maximum Gasteiger partial charge on any atom is 0.244 e. The Labute approximate surface area is 184 Å². The molecule has 1 fully saturated rings. The van der Waals surface area contributed by atoms with Gasteiger partial charge in [0, 0.05) is 49.2 Å². The number of carbonyl (C=O) groups excluding carboxylic acids is 1. The van der Waals surface area contributed by atoms with Gasteiger partial charge in [-0.15, -0.1) is 0 Å². The fourth-order valence-corrected chi connectivity index (χ4v) is 5.94. The van der Waals surface area contributed by atoms with Gasteiger partial charge >= 0.3 is 0 Å². The SMILES string of the molecule is CC(C)N(CCNC(=O)C1CCN(S(=O)(=O)c2cc(Cl)ccc2Cl)CC1)C(C)C. The quantitative estimate of drug-likeness (QED) is 0.638. The predicted molar refractivity (Wildman–Crippen MR) is 118 cm³/mol. The number of nitrogens with one attached hydrogen (secondary N) is 1. The lowest BCUT2D eigenvalue weighted by molar-refractivity contribution is -0.126. The Balaban J connectivity index is 1.90. The molecule has 0 aliphatic carbocycles. The van der Waals surface area contributed by atoms with Gasteiger partial charge in [-0.1, -0.05) is 23.2 Å². The Hall–Kier alpha value is -0.860. The molecule has 2 rings (SSSR count). The van der Waals surface area contributed by atoms with Gasteiger partial charge in [0.05, 0.1) is 5.02 Å². The van der Waals surface area contributed by atoms with Gasteiger partial charge in [-0.2, -0.15) is 4.31 Å². The van der Waals surface area contributed by atoms with E-state index < -0.39 is 10.0 Å². The van der Waals surface area contributed by atoms with E-state index in [0.29, 0.717) is 36.5 Å². The molecule has 1 aromatic carbocycles. The van der Waals surface area contributed by atoms with Gasteiger partial charge in [0.15, 0.2) is 0 Å². The summed E-state index contributed by atoms with van der Waals surface area (Å²) in [6.07, 6.45) is 0.975. The van der Waals surface area contributed by atoms with Gasteiger partial charge in [0.1, 0.15) is 4.90 Å². The molecule has 1 amide bonds. The lowest BCUT2D eigenvalue weighted by Crippen LogP contribution is -2.46. The molecular weight excluding hydrogens is 433 g/mol. The highest BCUT2D eigenvalue weighted by Gasteiger charge is 2.33. The van der Waals surface area contributed by atoms with Crippen LogP contribution in [0.3, 0.4) is 0 Å². The first kappa shape index (κ1) is 24.4. The van der Waals surface area contributed by atoms with Crippen molar-refractivity contribution >= 4 is 39.1 Å². The monoisotopic (exact) mass is 463 g/mol. The summed E-state index contributed by atoms with van der Waals surface area (Å²) in [5, 5.41) is 3.47. The number of amides is 1. The van der Waals surface area contributed by atoms with E-state index in [1.807, 2.05) is 0 Å². The van der Waals surface area contributed by atoms with Crippen LogP contribution in [0.4, 0.5) is 0 Å². The normalized spacial score (nSPS) is 16.7. The van der Waals surface area contributed by atoms with E-state index in [0.717, 1.165) is 6.54 Å². The van der Waals surface area contributed by atoms with E-state index in [9.17, 15) is 13.2 Å². The summed E-state index contributed by atoms with van der Waals surface area (Å²) in [4.78, 5) is 14.8. The maximum atomic E-state index is 12.9. The van der Waals surface area contributed by atoms with Crippen LogP contribution in [0.25, 0.3) is 0 Å². The number of nitrogens with zero attached hydrogens (tertiary/aromatic N) is 2. The second-order valence-electron chi connectivity index (χ2n) is 7.97. The first-order valence-corrected chi connectivity index (χ1v) is 12.2. The molecule has 6 nitrogen and oxygen atoms in total. The van der Waals surface area contributed by atoms with E-state index in [2.05, 4.69) is 37.9 Å². The predicted octanol–water partition coefficient (Wildman–Crippen LogP) is 3.63. The number of benzene rings is 1. The van der Waals surface area contributed by atoms with Crippen molar-refractivity contribution in [2.75, 3.05) is 26.2 Å². The van der Waals surface area contributed by atoms with Gasteiger partial charge in [-0.25, -0.2) is 8.42 Å². The molecule has 1 N–H and O–H groups in total. The fourth-order valence-electron chi connectivity index (χ4n) is 3.74. The molecular formula is C20H31Cl2N3O3S. The number of sulfonamides is 1. The van der Waals surface area contributed by atoms with Crippen molar-refractivity contribution in [2.24, 2.45) is 5.92 Å². The molecule has 1 heterocycles. The fraction of sp³-hybridized carbons (Fsp3) is 0.650. The Kier molecular flexibility index (Phi) is 8.79. The summed E-state index contributed by atoms with van der Waals surface area (Å²) in [6.45, 7) is 10.5. The lowest BCUT2D eigenvalue weighted by Gasteiger charge is -2.32. The third kappa shape index (κ3) is 6.31. The number of rotatable bonds is 8. The Bertz CT molecular complexity index is 799. The number of piperidine rings is 1. The van der Waals surface area contributed by atoms with Crippen LogP contribution in [0.15, 0.2) is 23.1 Å². The van der Waals surface area contributed by atoms with Crippen molar-refractivity contribution in [3.05, 3.63) is 28.2 Å². The van der Waals surface area contributed by atoms with E-state index in [-0.39, 0.29) is 34.8 Å². The summed E-state index contributed by atoms with van der Waals surface area (Å²) < 4.78 is 27.2. The van der Waals surface area contributed by atoms with Gasteiger partial charge < -0.3 is 5.32 Å². The van der Waals surface area contributed by atoms with Crippen molar-refractivity contribution in [1.82, 2.24) is 14.5 Å². The molecule has 164 valence electrons. The summed E-state index contributed by atoms with van der Waals surface area (Å²) in [7, 11) is -3.73. The summed E-state index contributed by atoms with van der Waals surface area (Å²) in [5.74, 6) is -0.182. The molecule has 0 radical (unpaired) electrons. The van der Waals surface area contributed by atoms with Gasteiger partial charge in [0.2, 0.25) is 15.9 Å². The van der Waals surface area contributed by atoms with Crippen LogP contribution < -0.4 is 5.32 Å². The van der Waals surface area contributed by atoms with E-state index in [1.165, 1.54) is 16.4 Å². The summed E-state index contributed by atoms with van der Waals surface area (Å²) in [6, 6.07) is 5.23. The highest BCUT2D eigenvalue weighted by atomic mass is 35.5. The van der Waals surface area contributed by atoms with Gasteiger partial charge in [-0.3, -0.25) is 9.69 Å². The molecule has 0 saturated carbocycles. The van der Waals surface area contributed by atoms with Crippen LogP contribution in [-0.4, -0.2) is 61.8 Å². The second kappa shape index (κ2) is 10.4. The number of carbonyl (C=O) groups is 1. The van der Waals surface area contributed by atoms with Crippen molar-refractivity contribution in [1.29, 1.82) is 0 Å². The number of hydrogen-bond donors (Lipinski definition) is 1. The van der Waals surface area contributed by atoms with E-state index in [4.69, 9.17) is 23.2 Å². The van der Waals surface area contributed by atoms with Crippen LogP contribution in [0, 0.1) is 5.92 Å². The molecule has 29 heavy (non-hydrogen) atoms. The van der Waals surface area contributed by atoms with Crippen molar-refractivity contribution in [2.45, 2.75) is 57.5 Å². The van der Waals surface area contributed by atoms with E-state index in [1.54, 1.807) is 6.07 Å². The topological polar surface area (TPSA) is 69.7 Å². The van der Waals surface area contributed by atoms with Crippen molar-refractivity contribution < 1.29 is 13.2 Å². The molecule has 0 bridgehead atoms. The maximum absolute atomic E-state index is 12.9. The standard InChI is InChI=1S/C20H31Cl2N3O3S/c1-14(2)25(15(3)4)12-9-23-20(26)16-7-10-24(11-8-16)29(27,28)19-13-17(21)5-6-18(19)22/h5-6,13-16H,7-12H2,1-4H3,(H,23,26). The largest absolute Gasteiger partial charge is 0.355 e. The van der Waals surface area contributed by atoms with Crippen LogP contribution in [0.1, 0.15) is 40.5 Å². The molecule has 1 aliphatic rings. The van der Waals surface area contributed by atoms with Crippen LogP contribution in [-0.2, 0) is 14.8 Å². The molecule has 1 aromatic rings. The van der Waals surface area contributed by atoms with Crippen LogP contribution >= 0.6 is 23.2 Å². The first-order valence-electron chi connectivity index (χ1n) is 10.0. The van der Waals surface area contributed by atoms with Gasteiger partial charge in [-0.05, 0) is 58.7 Å². The zero-order chi connectivity index (χ0) is 21.8. The zero-order valence-corrected chi connectivity index (χ0v) is 19.8. The second-order valence-corrected chi connectivity index (χ2v) is 10.7. The van der Waals surface area contributed by atoms with Crippen LogP contribution in [0.2, 0.25) is 10.0 Å². The first-order chi connectivity index (χ1) is 13.5. The Morgan fingerprint density at radius 2 is 1.76 bits per heavy atom. The average Bonchev–Trinajstić information content (AvgIpc) is 2.66. The molecule has 0 unspecified atom stereocenters. The molecule has 0 atom stereocenters. The molecule has 0 spiro atoms. The zero-order valence-electron chi connectivity index (χ0n) is 17.5. The van der Waals surface area contributed by atoms with Gasteiger partial charge in [0.25, 0.3) is 0 Å².